The van der Waals surface area contributed by atoms with E-state index in [0.717, 1.165) is 24.2 Å². The first-order valence-corrected chi connectivity index (χ1v) is 8.11. The monoisotopic (exact) mass is 323 g/mol. The molecule has 0 aromatic carbocycles. The highest BCUT2D eigenvalue weighted by Gasteiger charge is 2.52. The third kappa shape index (κ3) is 2.66. The van der Waals surface area contributed by atoms with Gasteiger partial charge in [0.05, 0.1) is 0 Å². The van der Waals surface area contributed by atoms with Gasteiger partial charge in [-0.25, -0.2) is 9.59 Å². The predicted molar refractivity (Wildman–Crippen MR) is 78.4 cm³/mol. The van der Waals surface area contributed by atoms with Crippen LogP contribution in [0.4, 0.5) is 4.79 Å². The molecule has 8 heteroatoms. The second-order valence-electron chi connectivity index (χ2n) is 6.55. The van der Waals surface area contributed by atoms with Crippen LogP contribution in [0.1, 0.15) is 44.9 Å². The summed E-state index contributed by atoms with van der Waals surface area (Å²) in [5, 5.41) is 11.9. The van der Waals surface area contributed by atoms with Crippen LogP contribution in [-0.4, -0.2) is 63.4 Å². The number of carbonyl (C=O) groups is 4. The van der Waals surface area contributed by atoms with Gasteiger partial charge >= 0.3 is 12.0 Å². The van der Waals surface area contributed by atoms with Gasteiger partial charge in [-0.15, -0.1) is 0 Å². The lowest BCUT2D eigenvalue weighted by molar-refractivity contribution is -0.149. The van der Waals surface area contributed by atoms with Crippen molar-refractivity contribution in [3.05, 3.63) is 0 Å². The van der Waals surface area contributed by atoms with Gasteiger partial charge in [0.1, 0.15) is 18.1 Å². The zero-order chi connectivity index (χ0) is 16.6. The Morgan fingerprint density at radius 1 is 1.17 bits per heavy atom. The molecule has 0 aromatic heterocycles. The number of nitrogens with one attached hydrogen (secondary N) is 1. The van der Waals surface area contributed by atoms with Crippen molar-refractivity contribution >= 4 is 23.8 Å². The van der Waals surface area contributed by atoms with Crippen LogP contribution in [0.25, 0.3) is 0 Å². The Morgan fingerprint density at radius 2 is 1.87 bits per heavy atom. The lowest BCUT2D eigenvalue weighted by Crippen LogP contribution is -2.50. The minimum absolute atomic E-state index is 0.346. The molecular weight excluding hydrogens is 302 g/mol. The number of carbonyl (C=O) groups excluding carboxylic acids is 3. The number of likely N-dealkylation sites (tertiary alicyclic amines) is 1. The highest BCUT2D eigenvalue weighted by molar-refractivity contribution is 6.09. The Hall–Kier alpha value is -2.12. The molecule has 3 fully saturated rings. The van der Waals surface area contributed by atoms with Gasteiger partial charge in [0.15, 0.2) is 0 Å². The molecule has 3 rings (SSSR count). The van der Waals surface area contributed by atoms with Crippen molar-refractivity contribution in [2.24, 2.45) is 0 Å². The Balaban J connectivity index is 1.70. The van der Waals surface area contributed by atoms with E-state index in [1.54, 1.807) is 0 Å². The second kappa shape index (κ2) is 5.82. The normalized spacial score (nSPS) is 26.7. The van der Waals surface area contributed by atoms with Crippen LogP contribution >= 0.6 is 0 Å². The first-order valence-electron chi connectivity index (χ1n) is 8.11. The lowest BCUT2D eigenvalue weighted by Gasteiger charge is -2.30. The minimum atomic E-state index is -1.04. The van der Waals surface area contributed by atoms with Crippen molar-refractivity contribution in [3.63, 3.8) is 0 Å². The quantitative estimate of drug-likeness (QED) is 0.727. The number of hydrogen-bond acceptors (Lipinski definition) is 4. The summed E-state index contributed by atoms with van der Waals surface area (Å²) in [5.41, 5.74) is -0.854. The second-order valence-corrected chi connectivity index (χ2v) is 6.55. The van der Waals surface area contributed by atoms with Gasteiger partial charge in [-0.2, -0.15) is 0 Å². The van der Waals surface area contributed by atoms with Crippen LogP contribution in [0.2, 0.25) is 0 Å². The number of rotatable bonds is 3. The first-order chi connectivity index (χ1) is 10.9. The fourth-order valence-electron chi connectivity index (χ4n) is 3.86. The van der Waals surface area contributed by atoms with E-state index in [-0.39, 0.29) is 12.5 Å². The topological polar surface area (TPSA) is 107 Å². The Bertz CT molecular complexity index is 555. The molecule has 2 N–H and O–H groups in total. The summed E-state index contributed by atoms with van der Waals surface area (Å²) < 4.78 is 0. The Labute approximate surface area is 133 Å². The molecule has 8 nitrogen and oxygen atoms in total. The number of hydrogen-bond donors (Lipinski definition) is 2. The summed E-state index contributed by atoms with van der Waals surface area (Å²) in [5.74, 6) is -1.87. The number of carboxylic acids is 1. The summed E-state index contributed by atoms with van der Waals surface area (Å²) >= 11 is 0. The van der Waals surface area contributed by atoms with E-state index in [9.17, 15) is 19.2 Å². The standard InChI is InChI=1S/C15H21N3O5/c19-11(17-8-4-5-10(17)12(20)21)9-18-13(22)15(16-14(18)23)6-2-1-3-7-15/h10H,1-9H2,(H,16,23)(H,20,21)/t10-/m1/s1. The third-order valence-corrected chi connectivity index (χ3v) is 5.10. The average molecular weight is 323 g/mol. The molecule has 0 radical (unpaired) electrons. The van der Waals surface area contributed by atoms with Gasteiger partial charge in [0, 0.05) is 6.54 Å². The number of nitrogens with zero attached hydrogens (tertiary/aromatic N) is 2. The van der Waals surface area contributed by atoms with Gasteiger partial charge in [0.2, 0.25) is 5.91 Å². The van der Waals surface area contributed by atoms with Crippen molar-refractivity contribution in [2.45, 2.75) is 56.5 Å². The van der Waals surface area contributed by atoms with Crippen LogP contribution < -0.4 is 5.32 Å². The van der Waals surface area contributed by atoms with E-state index in [4.69, 9.17) is 5.11 Å². The van der Waals surface area contributed by atoms with E-state index in [0.29, 0.717) is 32.2 Å². The molecule has 2 saturated heterocycles. The lowest BCUT2D eigenvalue weighted by atomic mass is 9.82. The molecule has 3 aliphatic rings. The molecular formula is C15H21N3O5. The maximum Gasteiger partial charge on any atom is 0.326 e. The maximum absolute atomic E-state index is 12.6. The molecule has 1 atom stereocenters. The summed E-state index contributed by atoms with van der Waals surface area (Å²) in [6, 6.07) is -1.40. The van der Waals surface area contributed by atoms with Crippen molar-refractivity contribution in [1.82, 2.24) is 15.1 Å². The zero-order valence-electron chi connectivity index (χ0n) is 12.9. The van der Waals surface area contributed by atoms with Gasteiger partial charge in [-0.3, -0.25) is 14.5 Å². The maximum atomic E-state index is 12.6. The highest BCUT2D eigenvalue weighted by atomic mass is 16.4. The predicted octanol–water partition coefficient (Wildman–Crippen LogP) is 0.317. The molecule has 4 amide bonds. The number of amides is 4. The summed E-state index contributed by atoms with van der Waals surface area (Å²) in [4.78, 5) is 50.5. The molecule has 1 spiro atoms. The van der Waals surface area contributed by atoms with E-state index >= 15 is 0 Å². The van der Waals surface area contributed by atoms with Gasteiger partial charge in [0.25, 0.3) is 5.91 Å². The van der Waals surface area contributed by atoms with E-state index in [2.05, 4.69) is 5.32 Å². The Kier molecular flexibility index (Phi) is 3.99. The SMILES string of the molecule is O=C(O)[C@H]1CCCN1C(=O)CN1C(=O)NC2(CCCCC2)C1=O. The van der Waals surface area contributed by atoms with Gasteiger partial charge in [-0.1, -0.05) is 19.3 Å². The van der Waals surface area contributed by atoms with Gasteiger partial charge < -0.3 is 15.3 Å². The number of carboxylic acid groups (broad SMARTS) is 1. The summed E-state index contributed by atoms with van der Waals surface area (Å²) in [7, 11) is 0. The Morgan fingerprint density at radius 3 is 2.52 bits per heavy atom. The van der Waals surface area contributed by atoms with Crippen LogP contribution in [0.15, 0.2) is 0 Å². The van der Waals surface area contributed by atoms with Crippen molar-refractivity contribution in [3.8, 4) is 0 Å². The molecule has 0 aromatic rings. The summed E-state index contributed by atoms with van der Waals surface area (Å²) in [6.07, 6.45) is 5.02. The highest BCUT2D eigenvalue weighted by Crippen LogP contribution is 2.33. The molecule has 0 unspecified atom stereocenters. The van der Waals surface area contributed by atoms with Crippen molar-refractivity contribution in [1.29, 1.82) is 0 Å². The fraction of sp³-hybridized carbons (Fsp3) is 0.733. The van der Waals surface area contributed by atoms with E-state index < -0.39 is 29.5 Å². The van der Waals surface area contributed by atoms with Crippen LogP contribution in [-0.2, 0) is 14.4 Å². The summed E-state index contributed by atoms with van der Waals surface area (Å²) in [6.45, 7) is -0.0270. The van der Waals surface area contributed by atoms with Crippen LogP contribution in [0.3, 0.4) is 0 Å². The molecule has 1 saturated carbocycles. The van der Waals surface area contributed by atoms with Gasteiger partial charge in [-0.05, 0) is 25.7 Å². The minimum Gasteiger partial charge on any atom is -0.480 e. The zero-order valence-corrected chi connectivity index (χ0v) is 12.9. The number of urea groups is 1. The van der Waals surface area contributed by atoms with Crippen LogP contribution in [0, 0.1) is 0 Å². The van der Waals surface area contributed by atoms with Crippen molar-refractivity contribution < 1.29 is 24.3 Å². The first kappa shape index (κ1) is 15.8. The average Bonchev–Trinajstić information content (AvgIpc) is 3.09. The number of aliphatic carboxylic acids is 1. The molecule has 23 heavy (non-hydrogen) atoms. The molecule has 2 aliphatic heterocycles. The van der Waals surface area contributed by atoms with Crippen molar-refractivity contribution in [2.75, 3.05) is 13.1 Å². The molecule has 0 bridgehead atoms. The molecule has 2 heterocycles. The largest absolute Gasteiger partial charge is 0.480 e. The molecule has 1 aliphatic carbocycles. The smallest absolute Gasteiger partial charge is 0.326 e. The van der Waals surface area contributed by atoms with Crippen LogP contribution in [0.5, 0.6) is 0 Å². The fourth-order valence-corrected chi connectivity index (χ4v) is 3.86. The molecule has 126 valence electrons. The number of imide groups is 1. The van der Waals surface area contributed by atoms with E-state index in [1.807, 2.05) is 0 Å². The van der Waals surface area contributed by atoms with E-state index in [1.165, 1.54) is 4.90 Å². The third-order valence-electron chi connectivity index (χ3n) is 5.10.